The quantitative estimate of drug-likeness (QED) is 0.763. The summed E-state index contributed by atoms with van der Waals surface area (Å²) in [7, 11) is 1.91. The van der Waals surface area contributed by atoms with Crippen LogP contribution in [0.2, 0.25) is 0 Å². The number of hydrogen-bond acceptors (Lipinski definition) is 4. The molecule has 0 fully saturated rings. The molecule has 0 amide bonds. The van der Waals surface area contributed by atoms with E-state index >= 15 is 0 Å². The van der Waals surface area contributed by atoms with Gasteiger partial charge in [-0.05, 0) is 12.5 Å². The number of hydrogen-bond donors (Lipinski definition) is 1. The van der Waals surface area contributed by atoms with Gasteiger partial charge >= 0.3 is 0 Å². The van der Waals surface area contributed by atoms with Crippen molar-refractivity contribution >= 4 is 5.88 Å². The van der Waals surface area contributed by atoms with Gasteiger partial charge in [-0.15, -0.1) is 0 Å². The predicted molar refractivity (Wildman–Crippen MR) is 73.3 cm³/mol. The minimum Gasteiger partial charge on any atom is -0.367 e. The van der Waals surface area contributed by atoms with Crippen LogP contribution in [0.1, 0.15) is 5.56 Å². The fraction of sp³-hybridized carbons (Fsp3) is 0.143. The molecule has 1 aromatic carbocycles. The topological polar surface area (TPSA) is 69.9 Å². The molecule has 0 spiro atoms. The van der Waals surface area contributed by atoms with Crippen LogP contribution in [0.3, 0.4) is 0 Å². The lowest BCUT2D eigenvalue weighted by atomic mass is 10.0. The van der Waals surface area contributed by atoms with Gasteiger partial charge in [0.1, 0.15) is 0 Å². The van der Waals surface area contributed by atoms with Gasteiger partial charge in [0, 0.05) is 19.4 Å². The smallest absolute Gasteiger partial charge is 0.230 e. The van der Waals surface area contributed by atoms with Gasteiger partial charge in [0.25, 0.3) is 0 Å². The second-order valence-corrected chi connectivity index (χ2v) is 4.50. The number of imidazole rings is 1. The van der Waals surface area contributed by atoms with Gasteiger partial charge in [-0.3, -0.25) is 0 Å². The van der Waals surface area contributed by atoms with Crippen LogP contribution in [0.5, 0.6) is 0 Å². The highest BCUT2D eigenvalue weighted by Gasteiger charge is 2.20. The maximum absolute atomic E-state index is 5.91. The zero-order chi connectivity index (χ0) is 13.4. The van der Waals surface area contributed by atoms with E-state index in [-0.39, 0.29) is 0 Å². The van der Waals surface area contributed by atoms with Crippen molar-refractivity contribution in [2.75, 3.05) is 5.73 Å². The lowest BCUT2D eigenvalue weighted by Crippen LogP contribution is -1.94. The van der Waals surface area contributed by atoms with E-state index in [2.05, 4.69) is 16.2 Å². The molecule has 96 valence electrons. The first-order valence-corrected chi connectivity index (χ1v) is 5.96. The van der Waals surface area contributed by atoms with E-state index in [1.807, 2.05) is 42.9 Å². The van der Waals surface area contributed by atoms with Crippen molar-refractivity contribution in [3.8, 4) is 22.6 Å². The van der Waals surface area contributed by atoms with Gasteiger partial charge in [0.2, 0.25) is 5.88 Å². The minimum atomic E-state index is 0.309. The number of aromatic nitrogens is 3. The number of nitrogen functional groups attached to an aromatic ring is 1. The van der Waals surface area contributed by atoms with Crippen molar-refractivity contribution in [1.29, 1.82) is 0 Å². The molecule has 0 aliphatic heterocycles. The van der Waals surface area contributed by atoms with E-state index in [1.54, 1.807) is 6.20 Å². The van der Waals surface area contributed by atoms with Crippen LogP contribution < -0.4 is 5.73 Å². The summed E-state index contributed by atoms with van der Waals surface area (Å²) in [6.45, 7) is 2.04. The molecule has 5 heteroatoms. The maximum atomic E-state index is 5.91. The highest BCUT2D eigenvalue weighted by atomic mass is 16.5. The lowest BCUT2D eigenvalue weighted by Gasteiger charge is -2.03. The number of nitrogens with two attached hydrogens (primary N) is 1. The summed E-state index contributed by atoms with van der Waals surface area (Å²) in [4.78, 5) is 4.29. The summed E-state index contributed by atoms with van der Waals surface area (Å²) in [6, 6.07) is 8.06. The van der Waals surface area contributed by atoms with Gasteiger partial charge in [-0.1, -0.05) is 35.0 Å². The Hall–Kier alpha value is -2.56. The van der Waals surface area contributed by atoms with Gasteiger partial charge in [-0.2, -0.15) is 0 Å². The number of nitrogens with zero attached hydrogens (tertiary/aromatic N) is 3. The van der Waals surface area contributed by atoms with Crippen LogP contribution in [0.25, 0.3) is 22.6 Å². The molecule has 0 unspecified atom stereocenters. The van der Waals surface area contributed by atoms with E-state index in [0.717, 1.165) is 22.5 Å². The van der Waals surface area contributed by atoms with Crippen LogP contribution >= 0.6 is 0 Å². The van der Waals surface area contributed by atoms with Crippen molar-refractivity contribution in [1.82, 2.24) is 14.7 Å². The number of benzene rings is 1. The average molecular weight is 254 g/mol. The molecule has 3 rings (SSSR count). The van der Waals surface area contributed by atoms with Crippen molar-refractivity contribution in [2.45, 2.75) is 6.92 Å². The third-order valence-corrected chi connectivity index (χ3v) is 3.06. The van der Waals surface area contributed by atoms with Crippen LogP contribution in [0, 0.1) is 6.92 Å². The molecular weight excluding hydrogens is 240 g/mol. The first-order valence-electron chi connectivity index (χ1n) is 5.96. The van der Waals surface area contributed by atoms with E-state index in [4.69, 9.17) is 10.3 Å². The summed E-state index contributed by atoms with van der Waals surface area (Å²) in [5, 5.41) is 4.04. The standard InChI is InChI=1S/C14H14N4O/c1-9-4-3-5-10(8-9)11-12(17-19-13(11)15)14-16-6-7-18(14)2/h3-8H,15H2,1-2H3. The monoisotopic (exact) mass is 254 g/mol. The Balaban J connectivity index is 2.22. The Kier molecular flexibility index (Phi) is 2.59. The molecule has 2 aromatic heterocycles. The molecule has 2 heterocycles. The van der Waals surface area contributed by atoms with Crippen molar-refractivity contribution in [3.63, 3.8) is 0 Å². The second-order valence-electron chi connectivity index (χ2n) is 4.50. The van der Waals surface area contributed by atoms with Crippen LogP contribution in [0.15, 0.2) is 41.2 Å². The molecule has 3 aromatic rings. The van der Waals surface area contributed by atoms with Crippen LogP contribution in [-0.2, 0) is 7.05 Å². The molecule has 0 atom stereocenters. The third kappa shape index (κ3) is 1.89. The Labute approximate surface area is 110 Å². The summed E-state index contributed by atoms with van der Waals surface area (Å²) in [5.74, 6) is 1.04. The fourth-order valence-corrected chi connectivity index (χ4v) is 2.13. The van der Waals surface area contributed by atoms with Gasteiger partial charge in [0.15, 0.2) is 11.5 Å². The first-order chi connectivity index (χ1) is 9.16. The van der Waals surface area contributed by atoms with Gasteiger partial charge in [-0.25, -0.2) is 4.98 Å². The first kappa shape index (κ1) is 11.5. The molecule has 0 radical (unpaired) electrons. The molecule has 0 saturated carbocycles. The molecule has 0 aliphatic rings. The SMILES string of the molecule is Cc1cccc(-c2c(-c3nccn3C)noc2N)c1. The minimum absolute atomic E-state index is 0.309. The Morgan fingerprint density at radius 3 is 2.84 bits per heavy atom. The highest BCUT2D eigenvalue weighted by molar-refractivity contribution is 5.85. The van der Waals surface area contributed by atoms with Crippen LogP contribution in [-0.4, -0.2) is 14.7 Å². The van der Waals surface area contributed by atoms with Gasteiger partial charge < -0.3 is 14.8 Å². The molecule has 0 bridgehead atoms. The summed E-state index contributed by atoms with van der Waals surface area (Å²) < 4.78 is 7.03. The van der Waals surface area contributed by atoms with E-state index in [1.165, 1.54) is 0 Å². The lowest BCUT2D eigenvalue weighted by molar-refractivity contribution is 0.438. The molecule has 19 heavy (non-hydrogen) atoms. The molecule has 0 saturated heterocycles. The Bertz CT molecular complexity index is 727. The zero-order valence-electron chi connectivity index (χ0n) is 10.8. The number of anilines is 1. The second kappa shape index (κ2) is 4.28. The molecule has 0 aliphatic carbocycles. The normalized spacial score (nSPS) is 10.8. The van der Waals surface area contributed by atoms with Gasteiger partial charge in [0.05, 0.1) is 5.56 Å². The van der Waals surface area contributed by atoms with Crippen molar-refractivity contribution in [2.24, 2.45) is 7.05 Å². The average Bonchev–Trinajstić information content (AvgIpc) is 2.95. The molecule has 5 nitrogen and oxygen atoms in total. The van der Waals surface area contributed by atoms with E-state index in [9.17, 15) is 0 Å². The largest absolute Gasteiger partial charge is 0.367 e. The predicted octanol–water partition coefficient (Wildman–Crippen LogP) is 2.63. The highest BCUT2D eigenvalue weighted by Crippen LogP contribution is 2.35. The summed E-state index contributed by atoms with van der Waals surface area (Å²) in [5.41, 5.74) is 9.51. The molecular formula is C14H14N4O. The number of rotatable bonds is 2. The number of aryl methyl sites for hydroxylation is 2. The zero-order valence-corrected chi connectivity index (χ0v) is 10.8. The van der Waals surface area contributed by atoms with Crippen molar-refractivity contribution < 1.29 is 4.52 Å². The van der Waals surface area contributed by atoms with Crippen molar-refractivity contribution in [3.05, 3.63) is 42.2 Å². The Morgan fingerprint density at radius 2 is 2.16 bits per heavy atom. The summed E-state index contributed by atoms with van der Waals surface area (Å²) in [6.07, 6.45) is 3.58. The van der Waals surface area contributed by atoms with E-state index in [0.29, 0.717) is 11.6 Å². The molecule has 2 N–H and O–H groups in total. The van der Waals surface area contributed by atoms with E-state index < -0.39 is 0 Å². The summed E-state index contributed by atoms with van der Waals surface area (Å²) >= 11 is 0. The van der Waals surface area contributed by atoms with Crippen LogP contribution in [0.4, 0.5) is 5.88 Å². The maximum Gasteiger partial charge on any atom is 0.230 e. The Morgan fingerprint density at radius 1 is 1.32 bits per heavy atom. The fourth-order valence-electron chi connectivity index (χ4n) is 2.13. The third-order valence-electron chi connectivity index (χ3n) is 3.06.